The van der Waals surface area contributed by atoms with Crippen molar-refractivity contribution in [2.45, 2.75) is 39.5 Å². The zero-order valence-corrected chi connectivity index (χ0v) is 14.5. The Balaban J connectivity index is 1.60. The second kappa shape index (κ2) is 6.08. The number of fused-ring (bicyclic) bond motifs is 1. The minimum Gasteiger partial charge on any atom is -0.357 e. The molecule has 1 amide bonds. The molecule has 0 atom stereocenters. The van der Waals surface area contributed by atoms with Crippen molar-refractivity contribution in [3.63, 3.8) is 0 Å². The minimum absolute atomic E-state index is 0.152. The van der Waals surface area contributed by atoms with E-state index in [0.29, 0.717) is 0 Å². The highest BCUT2D eigenvalue weighted by molar-refractivity contribution is 5.96. The average Bonchev–Trinajstić information content (AvgIpc) is 3.41. The van der Waals surface area contributed by atoms with Gasteiger partial charge in [-0.2, -0.15) is 0 Å². The summed E-state index contributed by atoms with van der Waals surface area (Å²) in [6, 6.07) is 8.24. The molecule has 4 nitrogen and oxygen atoms in total. The van der Waals surface area contributed by atoms with Crippen molar-refractivity contribution in [2.24, 2.45) is 11.8 Å². The lowest BCUT2D eigenvalue weighted by molar-refractivity contribution is -0.117. The van der Waals surface area contributed by atoms with E-state index in [1.54, 1.807) is 0 Å². The van der Waals surface area contributed by atoms with E-state index in [0.717, 1.165) is 54.3 Å². The first-order valence-electron chi connectivity index (χ1n) is 9.07. The van der Waals surface area contributed by atoms with Crippen LogP contribution in [0.1, 0.15) is 38.2 Å². The van der Waals surface area contributed by atoms with Gasteiger partial charge in [-0.3, -0.25) is 4.79 Å². The van der Waals surface area contributed by atoms with Crippen molar-refractivity contribution in [1.29, 1.82) is 0 Å². The fourth-order valence-corrected chi connectivity index (χ4v) is 3.44. The number of carbonyl (C=O) groups is 1. The van der Waals surface area contributed by atoms with Gasteiger partial charge in [-0.25, -0.2) is 4.98 Å². The van der Waals surface area contributed by atoms with Gasteiger partial charge in [-0.15, -0.1) is 0 Å². The van der Waals surface area contributed by atoms with Gasteiger partial charge >= 0.3 is 0 Å². The van der Waals surface area contributed by atoms with Crippen LogP contribution in [0.15, 0.2) is 24.3 Å². The molecule has 1 aromatic carbocycles. The van der Waals surface area contributed by atoms with Gasteiger partial charge < -0.3 is 10.2 Å². The standard InChI is InChI=1S/C20H25N3O/c1-13-7-9-23(10-8-13)19-11-14(2)17-12-16(5-6-18(17)22-19)21-20(24)15-3-4-15/h5-6,11-13,15H,3-4,7-10H2,1-2H3,(H,21,24). The molecule has 1 aromatic heterocycles. The molecular formula is C20H25N3O. The predicted octanol–water partition coefficient (Wildman–Crippen LogP) is 4.13. The number of aryl methyl sites for hydroxylation is 1. The second-order valence-corrected chi connectivity index (χ2v) is 7.46. The number of nitrogens with one attached hydrogen (secondary N) is 1. The number of benzene rings is 1. The monoisotopic (exact) mass is 323 g/mol. The van der Waals surface area contributed by atoms with Gasteiger partial charge in [0.1, 0.15) is 5.82 Å². The third kappa shape index (κ3) is 3.10. The Kier molecular flexibility index (Phi) is 3.91. The second-order valence-electron chi connectivity index (χ2n) is 7.46. The number of nitrogens with zero attached hydrogens (tertiary/aromatic N) is 2. The van der Waals surface area contributed by atoms with Gasteiger partial charge in [0.25, 0.3) is 0 Å². The average molecular weight is 323 g/mol. The van der Waals surface area contributed by atoms with Crippen LogP contribution in [0.4, 0.5) is 11.5 Å². The van der Waals surface area contributed by atoms with Crippen molar-refractivity contribution >= 4 is 28.3 Å². The van der Waals surface area contributed by atoms with Crippen LogP contribution in [-0.4, -0.2) is 24.0 Å². The predicted molar refractivity (Wildman–Crippen MR) is 98.4 cm³/mol. The molecule has 1 saturated heterocycles. The maximum Gasteiger partial charge on any atom is 0.227 e. The third-order valence-electron chi connectivity index (χ3n) is 5.33. The summed E-state index contributed by atoms with van der Waals surface area (Å²) in [6.45, 7) is 6.64. The SMILES string of the molecule is Cc1cc(N2CCC(C)CC2)nc2ccc(NC(=O)C3CC3)cc12. The Labute approximate surface area is 143 Å². The molecule has 1 saturated carbocycles. The molecule has 0 radical (unpaired) electrons. The molecule has 0 bridgehead atoms. The number of pyridine rings is 1. The summed E-state index contributed by atoms with van der Waals surface area (Å²) in [6.07, 6.45) is 4.53. The zero-order valence-electron chi connectivity index (χ0n) is 14.5. The molecule has 1 N–H and O–H groups in total. The van der Waals surface area contributed by atoms with Crippen LogP contribution in [-0.2, 0) is 4.79 Å². The molecule has 24 heavy (non-hydrogen) atoms. The van der Waals surface area contributed by atoms with Crippen LogP contribution in [0.2, 0.25) is 0 Å². The lowest BCUT2D eigenvalue weighted by Gasteiger charge is -2.31. The summed E-state index contributed by atoms with van der Waals surface area (Å²) in [4.78, 5) is 19.2. The van der Waals surface area contributed by atoms with E-state index in [1.807, 2.05) is 12.1 Å². The molecule has 4 rings (SSSR count). The molecule has 0 spiro atoms. The molecule has 1 aliphatic carbocycles. The Bertz CT molecular complexity index is 774. The van der Waals surface area contributed by atoms with Gasteiger partial charge in [0.15, 0.2) is 0 Å². The number of anilines is 2. The summed E-state index contributed by atoms with van der Waals surface area (Å²) in [7, 11) is 0. The zero-order chi connectivity index (χ0) is 16.7. The summed E-state index contributed by atoms with van der Waals surface area (Å²) in [5.41, 5.74) is 3.10. The molecule has 0 unspecified atom stereocenters. The highest BCUT2D eigenvalue weighted by atomic mass is 16.2. The first-order valence-corrected chi connectivity index (χ1v) is 9.07. The van der Waals surface area contributed by atoms with E-state index < -0.39 is 0 Å². The number of hydrogen-bond acceptors (Lipinski definition) is 3. The van der Waals surface area contributed by atoms with E-state index in [2.05, 4.69) is 36.2 Å². The maximum atomic E-state index is 11.9. The smallest absolute Gasteiger partial charge is 0.227 e. The first-order chi connectivity index (χ1) is 11.6. The van der Waals surface area contributed by atoms with E-state index in [1.165, 1.54) is 18.4 Å². The summed E-state index contributed by atoms with van der Waals surface area (Å²) < 4.78 is 0. The van der Waals surface area contributed by atoms with Crippen LogP contribution in [0.25, 0.3) is 10.9 Å². The summed E-state index contributed by atoms with van der Waals surface area (Å²) in [5, 5.41) is 4.15. The third-order valence-corrected chi connectivity index (χ3v) is 5.33. The molecule has 2 aromatic rings. The number of piperidine rings is 1. The van der Waals surface area contributed by atoms with Crippen LogP contribution in [0.5, 0.6) is 0 Å². The van der Waals surface area contributed by atoms with Gasteiger partial charge in [-0.05, 0) is 68.4 Å². The molecule has 4 heteroatoms. The fourth-order valence-electron chi connectivity index (χ4n) is 3.44. The highest BCUT2D eigenvalue weighted by Gasteiger charge is 2.29. The molecule has 2 aliphatic rings. The van der Waals surface area contributed by atoms with Crippen LogP contribution < -0.4 is 10.2 Å². The quantitative estimate of drug-likeness (QED) is 0.924. The van der Waals surface area contributed by atoms with Gasteiger partial charge in [0, 0.05) is 30.1 Å². The topological polar surface area (TPSA) is 45.2 Å². The van der Waals surface area contributed by atoms with E-state index in [9.17, 15) is 4.79 Å². The Morgan fingerprint density at radius 3 is 2.62 bits per heavy atom. The molecule has 2 fully saturated rings. The van der Waals surface area contributed by atoms with Crippen LogP contribution >= 0.6 is 0 Å². The van der Waals surface area contributed by atoms with Gasteiger partial charge in [-0.1, -0.05) is 6.92 Å². The van der Waals surface area contributed by atoms with E-state index in [-0.39, 0.29) is 11.8 Å². The first kappa shape index (κ1) is 15.4. The lowest BCUT2D eigenvalue weighted by atomic mass is 9.99. The Morgan fingerprint density at radius 1 is 1.17 bits per heavy atom. The van der Waals surface area contributed by atoms with E-state index >= 15 is 0 Å². The van der Waals surface area contributed by atoms with Crippen molar-refractivity contribution in [3.05, 3.63) is 29.8 Å². The summed E-state index contributed by atoms with van der Waals surface area (Å²) in [5.74, 6) is 2.28. The highest BCUT2D eigenvalue weighted by Crippen LogP contribution is 2.31. The molecule has 2 heterocycles. The molecule has 126 valence electrons. The lowest BCUT2D eigenvalue weighted by Crippen LogP contribution is -2.33. The summed E-state index contributed by atoms with van der Waals surface area (Å²) >= 11 is 0. The number of aromatic nitrogens is 1. The maximum absolute atomic E-state index is 11.9. The van der Waals surface area contributed by atoms with Gasteiger partial charge in [0.2, 0.25) is 5.91 Å². The van der Waals surface area contributed by atoms with Crippen molar-refractivity contribution in [2.75, 3.05) is 23.3 Å². The van der Waals surface area contributed by atoms with Crippen molar-refractivity contribution in [1.82, 2.24) is 4.98 Å². The van der Waals surface area contributed by atoms with Gasteiger partial charge in [0.05, 0.1) is 5.52 Å². The van der Waals surface area contributed by atoms with Crippen molar-refractivity contribution < 1.29 is 4.79 Å². The number of carbonyl (C=O) groups excluding carboxylic acids is 1. The number of rotatable bonds is 3. The van der Waals surface area contributed by atoms with Crippen LogP contribution in [0.3, 0.4) is 0 Å². The largest absolute Gasteiger partial charge is 0.357 e. The van der Waals surface area contributed by atoms with Crippen LogP contribution in [0, 0.1) is 18.8 Å². The Hall–Kier alpha value is -2.10. The number of amides is 1. The normalized spacial score (nSPS) is 18.8. The fraction of sp³-hybridized carbons (Fsp3) is 0.500. The Morgan fingerprint density at radius 2 is 1.92 bits per heavy atom. The van der Waals surface area contributed by atoms with E-state index in [4.69, 9.17) is 4.98 Å². The molecule has 1 aliphatic heterocycles. The minimum atomic E-state index is 0.152. The number of hydrogen-bond donors (Lipinski definition) is 1. The molecular weight excluding hydrogens is 298 g/mol. The van der Waals surface area contributed by atoms with Crippen molar-refractivity contribution in [3.8, 4) is 0 Å².